The summed E-state index contributed by atoms with van der Waals surface area (Å²) in [6, 6.07) is 3.30. The van der Waals surface area contributed by atoms with E-state index in [9.17, 15) is 13.6 Å². The lowest BCUT2D eigenvalue weighted by Gasteiger charge is -2.04. The fourth-order valence-corrected chi connectivity index (χ4v) is 1.58. The third-order valence-corrected chi connectivity index (χ3v) is 2.18. The molecule has 0 bridgehead atoms. The number of carboxylic acids is 1. The number of halogens is 2. The quantitative estimate of drug-likeness (QED) is 0.848. The maximum Gasteiger partial charge on any atom is 0.309 e. The minimum absolute atomic E-state index is 0.0614. The summed E-state index contributed by atoms with van der Waals surface area (Å²) in [7, 11) is 0. The summed E-state index contributed by atoms with van der Waals surface area (Å²) in [4.78, 5) is 14.3. The number of pyridine rings is 1. The number of benzene rings is 1. The standard InChI is InChI=1S/C11H7F2NO2/c12-7-3-6-1-2-14-9(5-10(15)16)11(6)8(13)4-7/h1-4H,5H2,(H,15,16). The fraction of sp³-hybridized carbons (Fsp3) is 0.0909. The lowest BCUT2D eigenvalue weighted by molar-refractivity contribution is -0.136. The van der Waals surface area contributed by atoms with E-state index in [4.69, 9.17) is 5.11 Å². The van der Waals surface area contributed by atoms with Crippen molar-refractivity contribution in [2.75, 3.05) is 0 Å². The third-order valence-electron chi connectivity index (χ3n) is 2.18. The molecule has 2 aromatic rings. The molecule has 2 rings (SSSR count). The highest BCUT2D eigenvalue weighted by molar-refractivity contribution is 5.87. The molecule has 0 amide bonds. The summed E-state index contributed by atoms with van der Waals surface area (Å²) < 4.78 is 26.4. The second kappa shape index (κ2) is 3.84. The zero-order valence-electron chi connectivity index (χ0n) is 8.08. The van der Waals surface area contributed by atoms with E-state index in [0.29, 0.717) is 5.39 Å². The molecular formula is C11H7F2NO2. The maximum absolute atomic E-state index is 13.5. The topological polar surface area (TPSA) is 50.2 Å². The molecule has 5 heteroatoms. The largest absolute Gasteiger partial charge is 0.481 e. The molecule has 0 aliphatic heterocycles. The Balaban J connectivity index is 2.71. The van der Waals surface area contributed by atoms with E-state index in [1.807, 2.05) is 0 Å². The van der Waals surface area contributed by atoms with Crippen molar-refractivity contribution in [1.82, 2.24) is 4.98 Å². The summed E-state index contributed by atoms with van der Waals surface area (Å²) in [5.74, 6) is -2.60. The van der Waals surface area contributed by atoms with Gasteiger partial charge in [0.2, 0.25) is 0 Å². The van der Waals surface area contributed by atoms with Crippen molar-refractivity contribution < 1.29 is 18.7 Å². The molecule has 0 saturated carbocycles. The van der Waals surface area contributed by atoms with Crippen molar-refractivity contribution >= 4 is 16.7 Å². The van der Waals surface area contributed by atoms with Gasteiger partial charge in [-0.15, -0.1) is 0 Å². The lowest BCUT2D eigenvalue weighted by Crippen LogP contribution is -2.04. The van der Waals surface area contributed by atoms with Crippen LogP contribution >= 0.6 is 0 Å². The SMILES string of the molecule is O=C(O)Cc1nccc2cc(F)cc(F)c12. The minimum Gasteiger partial charge on any atom is -0.481 e. The van der Waals surface area contributed by atoms with Crippen LogP contribution in [-0.2, 0) is 11.2 Å². The van der Waals surface area contributed by atoms with Crippen LogP contribution in [0.2, 0.25) is 0 Å². The molecule has 0 unspecified atom stereocenters. The van der Waals surface area contributed by atoms with Crippen molar-refractivity contribution in [3.63, 3.8) is 0 Å². The number of carboxylic acid groups (broad SMARTS) is 1. The van der Waals surface area contributed by atoms with Gasteiger partial charge in [0.1, 0.15) is 11.6 Å². The van der Waals surface area contributed by atoms with E-state index in [1.165, 1.54) is 12.3 Å². The molecule has 0 saturated heterocycles. The van der Waals surface area contributed by atoms with Crippen molar-refractivity contribution in [1.29, 1.82) is 0 Å². The zero-order valence-corrected chi connectivity index (χ0v) is 8.08. The van der Waals surface area contributed by atoms with Gasteiger partial charge in [0.15, 0.2) is 0 Å². The maximum atomic E-state index is 13.5. The fourth-order valence-electron chi connectivity index (χ4n) is 1.58. The summed E-state index contributed by atoms with van der Waals surface area (Å²) in [6.45, 7) is 0. The van der Waals surface area contributed by atoms with Gasteiger partial charge >= 0.3 is 5.97 Å². The number of carbonyl (C=O) groups is 1. The number of nitrogens with zero attached hydrogens (tertiary/aromatic N) is 1. The van der Waals surface area contributed by atoms with E-state index in [0.717, 1.165) is 12.1 Å². The van der Waals surface area contributed by atoms with Gasteiger partial charge in [-0.25, -0.2) is 8.78 Å². The summed E-state index contributed by atoms with van der Waals surface area (Å²) in [6.07, 6.45) is 0.944. The van der Waals surface area contributed by atoms with Gasteiger partial charge in [0, 0.05) is 17.6 Å². The summed E-state index contributed by atoms with van der Waals surface area (Å²) in [5.41, 5.74) is 0.0995. The zero-order chi connectivity index (χ0) is 11.7. The second-order valence-corrected chi connectivity index (χ2v) is 3.31. The Kier molecular flexibility index (Phi) is 2.52. The van der Waals surface area contributed by atoms with E-state index in [2.05, 4.69) is 4.98 Å². The number of fused-ring (bicyclic) bond motifs is 1. The lowest BCUT2D eigenvalue weighted by atomic mass is 10.1. The Morgan fingerprint density at radius 2 is 2.12 bits per heavy atom. The molecule has 16 heavy (non-hydrogen) atoms. The average Bonchev–Trinajstić information content (AvgIpc) is 2.15. The molecule has 1 heterocycles. The number of aromatic nitrogens is 1. The monoisotopic (exact) mass is 223 g/mol. The van der Waals surface area contributed by atoms with Crippen LogP contribution in [0.4, 0.5) is 8.78 Å². The highest BCUT2D eigenvalue weighted by Crippen LogP contribution is 2.22. The number of hydrogen-bond acceptors (Lipinski definition) is 2. The molecule has 0 fully saturated rings. The predicted molar refractivity (Wildman–Crippen MR) is 53.0 cm³/mol. The number of rotatable bonds is 2. The molecule has 0 aliphatic carbocycles. The highest BCUT2D eigenvalue weighted by atomic mass is 19.1. The summed E-state index contributed by atoms with van der Waals surface area (Å²) >= 11 is 0. The Bertz CT molecular complexity index is 569. The molecule has 1 N–H and O–H groups in total. The van der Waals surface area contributed by atoms with E-state index in [-0.39, 0.29) is 17.5 Å². The van der Waals surface area contributed by atoms with Gasteiger partial charge in [-0.2, -0.15) is 0 Å². The molecule has 0 radical (unpaired) electrons. The van der Waals surface area contributed by atoms with Crippen LogP contribution in [0.5, 0.6) is 0 Å². The Hall–Kier alpha value is -2.04. The van der Waals surface area contributed by atoms with Gasteiger partial charge in [0.05, 0.1) is 12.1 Å². The molecule has 1 aromatic heterocycles. The van der Waals surface area contributed by atoms with Gasteiger partial charge in [-0.3, -0.25) is 9.78 Å². The number of aliphatic carboxylic acids is 1. The van der Waals surface area contributed by atoms with E-state index in [1.54, 1.807) is 0 Å². The average molecular weight is 223 g/mol. The van der Waals surface area contributed by atoms with E-state index >= 15 is 0 Å². The first kappa shape index (κ1) is 10.5. The van der Waals surface area contributed by atoms with Crippen molar-refractivity contribution in [3.05, 3.63) is 41.7 Å². The normalized spacial score (nSPS) is 10.6. The minimum atomic E-state index is -1.11. The van der Waals surface area contributed by atoms with Crippen LogP contribution in [0.1, 0.15) is 5.69 Å². The van der Waals surface area contributed by atoms with Gasteiger partial charge in [-0.05, 0) is 17.5 Å². The molecule has 3 nitrogen and oxygen atoms in total. The highest BCUT2D eigenvalue weighted by Gasteiger charge is 2.12. The van der Waals surface area contributed by atoms with Crippen LogP contribution in [0.3, 0.4) is 0 Å². The predicted octanol–water partition coefficient (Wildman–Crippen LogP) is 2.14. The molecule has 0 spiro atoms. The third kappa shape index (κ3) is 1.84. The first-order valence-electron chi connectivity index (χ1n) is 4.52. The Morgan fingerprint density at radius 3 is 2.81 bits per heavy atom. The summed E-state index contributed by atoms with van der Waals surface area (Å²) in [5, 5.41) is 9.01. The van der Waals surface area contributed by atoms with Gasteiger partial charge in [0.25, 0.3) is 0 Å². The molecular weight excluding hydrogens is 216 g/mol. The van der Waals surface area contributed by atoms with Crippen LogP contribution in [0.15, 0.2) is 24.4 Å². The molecule has 82 valence electrons. The van der Waals surface area contributed by atoms with Crippen molar-refractivity contribution in [2.45, 2.75) is 6.42 Å². The van der Waals surface area contributed by atoms with E-state index < -0.39 is 17.6 Å². The van der Waals surface area contributed by atoms with Crippen molar-refractivity contribution in [2.24, 2.45) is 0 Å². The first-order valence-corrected chi connectivity index (χ1v) is 4.52. The number of hydrogen-bond donors (Lipinski definition) is 1. The van der Waals surface area contributed by atoms with Crippen LogP contribution < -0.4 is 0 Å². The Morgan fingerprint density at radius 1 is 1.38 bits per heavy atom. The van der Waals surface area contributed by atoms with Gasteiger partial charge < -0.3 is 5.11 Å². The van der Waals surface area contributed by atoms with Crippen LogP contribution in [-0.4, -0.2) is 16.1 Å². The second-order valence-electron chi connectivity index (χ2n) is 3.31. The first-order chi connectivity index (χ1) is 7.58. The molecule has 1 aromatic carbocycles. The molecule has 0 atom stereocenters. The van der Waals surface area contributed by atoms with Crippen LogP contribution in [0, 0.1) is 11.6 Å². The smallest absolute Gasteiger partial charge is 0.309 e. The van der Waals surface area contributed by atoms with Gasteiger partial charge in [-0.1, -0.05) is 0 Å². The van der Waals surface area contributed by atoms with Crippen molar-refractivity contribution in [3.8, 4) is 0 Å². The van der Waals surface area contributed by atoms with Crippen LogP contribution in [0.25, 0.3) is 10.8 Å². The molecule has 0 aliphatic rings. The Labute approximate surface area is 89.3 Å².